The van der Waals surface area contributed by atoms with E-state index in [0.717, 1.165) is 23.9 Å². The third-order valence-corrected chi connectivity index (χ3v) is 4.10. The molecule has 1 heteroatoms. The first-order chi connectivity index (χ1) is 7.19. The molecule has 0 radical (unpaired) electrons. The maximum atomic E-state index is 3.91. The lowest BCUT2D eigenvalue weighted by Crippen LogP contribution is -2.47. The van der Waals surface area contributed by atoms with Crippen molar-refractivity contribution in [3.8, 4) is 0 Å². The Hall–Kier alpha value is -0.0400. The van der Waals surface area contributed by atoms with Gasteiger partial charge in [0.2, 0.25) is 0 Å². The van der Waals surface area contributed by atoms with Gasteiger partial charge >= 0.3 is 0 Å². The fraction of sp³-hybridized carbons (Fsp3) is 1.00. The summed E-state index contributed by atoms with van der Waals surface area (Å²) < 4.78 is 0. The zero-order valence-corrected chi connectivity index (χ0v) is 11.1. The summed E-state index contributed by atoms with van der Waals surface area (Å²) in [4.78, 5) is 0. The Balaban J connectivity index is 2.45. The topological polar surface area (TPSA) is 12.0 Å². The molecule has 0 bridgehead atoms. The maximum absolute atomic E-state index is 3.91. The average molecular weight is 211 g/mol. The van der Waals surface area contributed by atoms with E-state index in [9.17, 15) is 0 Å². The van der Waals surface area contributed by atoms with Crippen molar-refractivity contribution < 1.29 is 0 Å². The summed E-state index contributed by atoms with van der Waals surface area (Å²) in [6.45, 7) is 9.45. The zero-order chi connectivity index (χ0) is 11.3. The molecule has 1 aliphatic carbocycles. The highest BCUT2D eigenvalue weighted by molar-refractivity contribution is 4.85. The van der Waals surface area contributed by atoms with Gasteiger partial charge in [0.15, 0.2) is 0 Å². The highest BCUT2D eigenvalue weighted by atomic mass is 15.0. The first kappa shape index (κ1) is 13.0. The molecule has 1 saturated carbocycles. The lowest BCUT2D eigenvalue weighted by molar-refractivity contribution is 0.188. The van der Waals surface area contributed by atoms with Crippen molar-refractivity contribution in [1.29, 1.82) is 0 Å². The molecule has 1 rings (SSSR count). The average Bonchev–Trinajstić information content (AvgIpc) is 2.22. The molecule has 1 nitrogen and oxygen atoms in total. The second kappa shape index (κ2) is 6.52. The van der Waals surface area contributed by atoms with Crippen LogP contribution in [0.15, 0.2) is 0 Å². The van der Waals surface area contributed by atoms with E-state index in [1.54, 1.807) is 0 Å². The van der Waals surface area contributed by atoms with Crippen molar-refractivity contribution in [2.45, 2.75) is 78.3 Å². The van der Waals surface area contributed by atoms with Crippen LogP contribution in [0.25, 0.3) is 0 Å². The normalized spacial score (nSPS) is 34.0. The molecule has 1 N–H and O–H groups in total. The lowest BCUT2D eigenvalue weighted by Gasteiger charge is -2.38. The second-order valence-corrected chi connectivity index (χ2v) is 5.47. The Morgan fingerprint density at radius 2 is 1.73 bits per heavy atom. The van der Waals surface area contributed by atoms with Crippen molar-refractivity contribution >= 4 is 0 Å². The van der Waals surface area contributed by atoms with E-state index in [0.29, 0.717) is 0 Å². The third kappa shape index (κ3) is 3.79. The highest BCUT2D eigenvalue weighted by Gasteiger charge is 2.28. The van der Waals surface area contributed by atoms with Crippen molar-refractivity contribution in [3.63, 3.8) is 0 Å². The van der Waals surface area contributed by atoms with Gasteiger partial charge in [-0.1, -0.05) is 40.5 Å². The van der Waals surface area contributed by atoms with Gasteiger partial charge in [0, 0.05) is 12.1 Å². The van der Waals surface area contributed by atoms with Gasteiger partial charge in [-0.15, -0.1) is 0 Å². The summed E-state index contributed by atoms with van der Waals surface area (Å²) in [5.41, 5.74) is 0. The summed E-state index contributed by atoms with van der Waals surface area (Å²) in [5, 5.41) is 3.91. The first-order valence-electron chi connectivity index (χ1n) is 6.95. The van der Waals surface area contributed by atoms with Crippen molar-refractivity contribution in [1.82, 2.24) is 5.32 Å². The SMILES string of the molecule is CCCC(CC)NC1C(C)CCCC1C. The Kier molecular flexibility index (Phi) is 5.66. The van der Waals surface area contributed by atoms with E-state index in [2.05, 4.69) is 33.0 Å². The summed E-state index contributed by atoms with van der Waals surface area (Å²) in [7, 11) is 0. The quantitative estimate of drug-likeness (QED) is 0.725. The van der Waals surface area contributed by atoms with Crippen LogP contribution in [0.1, 0.15) is 66.2 Å². The number of hydrogen-bond donors (Lipinski definition) is 1. The lowest BCUT2D eigenvalue weighted by atomic mass is 9.78. The van der Waals surface area contributed by atoms with Crippen LogP contribution in [0.5, 0.6) is 0 Å². The largest absolute Gasteiger partial charge is 0.311 e. The fourth-order valence-corrected chi connectivity index (χ4v) is 3.04. The minimum Gasteiger partial charge on any atom is -0.311 e. The smallest absolute Gasteiger partial charge is 0.0121 e. The van der Waals surface area contributed by atoms with Crippen LogP contribution in [-0.2, 0) is 0 Å². The van der Waals surface area contributed by atoms with Crippen LogP contribution in [0.2, 0.25) is 0 Å². The molecule has 1 fully saturated rings. The second-order valence-electron chi connectivity index (χ2n) is 5.47. The molecule has 3 unspecified atom stereocenters. The molecule has 3 atom stereocenters. The molecule has 0 spiro atoms. The van der Waals surface area contributed by atoms with Crippen LogP contribution in [-0.4, -0.2) is 12.1 Å². The van der Waals surface area contributed by atoms with Gasteiger partial charge in [0.25, 0.3) is 0 Å². The minimum absolute atomic E-state index is 0.753. The van der Waals surface area contributed by atoms with Gasteiger partial charge in [-0.3, -0.25) is 0 Å². The molecule has 0 amide bonds. The van der Waals surface area contributed by atoms with Gasteiger partial charge in [0.05, 0.1) is 0 Å². The zero-order valence-electron chi connectivity index (χ0n) is 11.1. The van der Waals surface area contributed by atoms with Crippen molar-refractivity contribution in [2.24, 2.45) is 11.8 Å². The Labute approximate surface area is 96.0 Å². The van der Waals surface area contributed by atoms with Crippen LogP contribution in [0, 0.1) is 11.8 Å². The summed E-state index contributed by atoms with van der Waals surface area (Å²) in [6, 6.07) is 1.53. The molecule has 0 aromatic heterocycles. The van der Waals surface area contributed by atoms with E-state index in [1.165, 1.54) is 38.5 Å². The van der Waals surface area contributed by atoms with E-state index >= 15 is 0 Å². The summed E-state index contributed by atoms with van der Waals surface area (Å²) in [6.07, 6.45) is 8.21. The van der Waals surface area contributed by atoms with E-state index in [4.69, 9.17) is 0 Å². The van der Waals surface area contributed by atoms with Gasteiger partial charge in [0.1, 0.15) is 0 Å². The Bertz CT molecular complexity index is 157. The molecule has 0 heterocycles. The van der Waals surface area contributed by atoms with E-state index in [1.807, 2.05) is 0 Å². The maximum Gasteiger partial charge on any atom is 0.0121 e. The molecule has 1 aliphatic rings. The number of rotatable bonds is 5. The Morgan fingerprint density at radius 1 is 1.13 bits per heavy atom. The molecular formula is C14H29N. The molecule has 0 aromatic rings. The van der Waals surface area contributed by atoms with Crippen LogP contribution >= 0.6 is 0 Å². The predicted molar refractivity (Wildman–Crippen MR) is 68.1 cm³/mol. The molecule has 0 saturated heterocycles. The van der Waals surface area contributed by atoms with Crippen LogP contribution < -0.4 is 5.32 Å². The van der Waals surface area contributed by atoms with Gasteiger partial charge in [-0.25, -0.2) is 0 Å². The van der Waals surface area contributed by atoms with Crippen molar-refractivity contribution in [2.75, 3.05) is 0 Å². The fourth-order valence-electron chi connectivity index (χ4n) is 3.04. The summed E-state index contributed by atoms with van der Waals surface area (Å²) in [5.74, 6) is 1.75. The highest BCUT2D eigenvalue weighted by Crippen LogP contribution is 2.29. The summed E-state index contributed by atoms with van der Waals surface area (Å²) >= 11 is 0. The van der Waals surface area contributed by atoms with Gasteiger partial charge in [-0.05, 0) is 37.5 Å². The first-order valence-corrected chi connectivity index (χ1v) is 6.95. The molecule has 0 aromatic carbocycles. The van der Waals surface area contributed by atoms with Gasteiger partial charge in [-0.2, -0.15) is 0 Å². The van der Waals surface area contributed by atoms with Crippen LogP contribution in [0.3, 0.4) is 0 Å². The predicted octanol–water partition coefficient (Wildman–Crippen LogP) is 3.98. The monoisotopic (exact) mass is 211 g/mol. The van der Waals surface area contributed by atoms with Crippen molar-refractivity contribution in [3.05, 3.63) is 0 Å². The molecule has 15 heavy (non-hydrogen) atoms. The minimum atomic E-state index is 0.753. The van der Waals surface area contributed by atoms with E-state index < -0.39 is 0 Å². The standard InChI is InChI=1S/C14H29N/c1-5-8-13(6-2)15-14-11(3)9-7-10-12(14)4/h11-15H,5-10H2,1-4H3. The van der Waals surface area contributed by atoms with Gasteiger partial charge < -0.3 is 5.32 Å². The molecular weight excluding hydrogens is 182 g/mol. The molecule has 90 valence electrons. The Morgan fingerprint density at radius 3 is 2.20 bits per heavy atom. The number of hydrogen-bond acceptors (Lipinski definition) is 1. The number of nitrogens with one attached hydrogen (secondary N) is 1. The van der Waals surface area contributed by atoms with E-state index in [-0.39, 0.29) is 0 Å². The molecule has 0 aliphatic heterocycles. The van der Waals surface area contributed by atoms with Crippen LogP contribution in [0.4, 0.5) is 0 Å². The third-order valence-electron chi connectivity index (χ3n) is 4.10.